The van der Waals surface area contributed by atoms with Crippen molar-refractivity contribution < 1.29 is 14.3 Å². The summed E-state index contributed by atoms with van der Waals surface area (Å²) in [5.41, 5.74) is 3.81. The number of hydrazone groups is 1. The predicted octanol–water partition coefficient (Wildman–Crippen LogP) is 5.48. The molecule has 4 aromatic rings. The summed E-state index contributed by atoms with van der Waals surface area (Å²) in [6, 6.07) is 26.6. The molecule has 0 spiro atoms. The van der Waals surface area contributed by atoms with Crippen LogP contribution in [0.1, 0.15) is 26.3 Å². The van der Waals surface area contributed by atoms with E-state index in [9.17, 15) is 9.59 Å². The van der Waals surface area contributed by atoms with Crippen LogP contribution in [0.4, 0.5) is 0 Å². The molecule has 0 fully saturated rings. The van der Waals surface area contributed by atoms with Crippen molar-refractivity contribution in [1.29, 1.82) is 0 Å². The number of hydrogen-bond donors (Lipinski definition) is 1. The summed E-state index contributed by atoms with van der Waals surface area (Å²) in [5.74, 6) is -0.614. The molecule has 152 valence electrons. The molecule has 0 unspecified atom stereocenters. The molecule has 1 N–H and O–H groups in total. The average molecular weight is 429 g/mol. The topological polar surface area (TPSA) is 67.8 Å². The number of nitrogens with one attached hydrogen (secondary N) is 1. The summed E-state index contributed by atoms with van der Waals surface area (Å²) in [7, 11) is 0. The van der Waals surface area contributed by atoms with Crippen LogP contribution in [0.15, 0.2) is 96.1 Å². The van der Waals surface area contributed by atoms with Crippen molar-refractivity contribution in [2.24, 2.45) is 5.10 Å². The second-order valence-corrected chi connectivity index (χ2v) is 7.04. The molecular weight excluding hydrogens is 412 g/mol. The largest absolute Gasteiger partial charge is 0.422 e. The fourth-order valence-corrected chi connectivity index (χ4v) is 3.30. The highest BCUT2D eigenvalue weighted by Gasteiger charge is 2.15. The van der Waals surface area contributed by atoms with Gasteiger partial charge in [0.2, 0.25) is 0 Å². The van der Waals surface area contributed by atoms with Crippen molar-refractivity contribution in [2.45, 2.75) is 0 Å². The zero-order valence-electron chi connectivity index (χ0n) is 16.3. The molecule has 4 rings (SSSR count). The van der Waals surface area contributed by atoms with E-state index in [2.05, 4.69) is 10.5 Å². The van der Waals surface area contributed by atoms with Crippen LogP contribution in [-0.4, -0.2) is 18.1 Å². The van der Waals surface area contributed by atoms with E-state index in [0.717, 1.165) is 10.8 Å². The van der Waals surface area contributed by atoms with E-state index in [-0.39, 0.29) is 11.5 Å². The van der Waals surface area contributed by atoms with Gasteiger partial charge in [-0.15, -0.1) is 0 Å². The van der Waals surface area contributed by atoms with E-state index in [1.54, 1.807) is 54.6 Å². The summed E-state index contributed by atoms with van der Waals surface area (Å²) in [6.07, 6.45) is 1.47. The number of esters is 1. The molecule has 0 saturated carbocycles. The smallest absolute Gasteiger partial charge is 0.345 e. The molecule has 0 aromatic heterocycles. The zero-order valence-corrected chi connectivity index (χ0v) is 17.0. The minimum atomic E-state index is -0.580. The van der Waals surface area contributed by atoms with Gasteiger partial charge in [-0.05, 0) is 41.1 Å². The highest BCUT2D eigenvalue weighted by molar-refractivity contribution is 6.33. The van der Waals surface area contributed by atoms with Crippen LogP contribution in [-0.2, 0) is 0 Å². The van der Waals surface area contributed by atoms with Gasteiger partial charge in [0, 0.05) is 11.1 Å². The molecule has 1 amide bonds. The zero-order chi connectivity index (χ0) is 21.6. The first-order valence-corrected chi connectivity index (χ1v) is 9.88. The van der Waals surface area contributed by atoms with Gasteiger partial charge < -0.3 is 4.74 Å². The Morgan fingerprint density at radius 1 is 0.839 bits per heavy atom. The second kappa shape index (κ2) is 9.24. The third-order valence-electron chi connectivity index (χ3n) is 4.62. The molecule has 0 atom stereocenters. The maximum atomic E-state index is 12.7. The predicted molar refractivity (Wildman–Crippen MR) is 122 cm³/mol. The summed E-state index contributed by atoms with van der Waals surface area (Å²) in [4.78, 5) is 24.9. The van der Waals surface area contributed by atoms with Crippen LogP contribution in [0.5, 0.6) is 5.75 Å². The Balaban J connectivity index is 1.65. The molecule has 0 aliphatic carbocycles. The number of carbonyl (C=O) groups excluding carboxylic acids is 2. The van der Waals surface area contributed by atoms with E-state index >= 15 is 0 Å². The molecule has 31 heavy (non-hydrogen) atoms. The van der Waals surface area contributed by atoms with Crippen LogP contribution in [0.3, 0.4) is 0 Å². The van der Waals surface area contributed by atoms with Gasteiger partial charge in [-0.1, -0.05) is 72.3 Å². The van der Waals surface area contributed by atoms with Crippen LogP contribution >= 0.6 is 11.6 Å². The fourth-order valence-electron chi connectivity index (χ4n) is 3.09. The van der Waals surface area contributed by atoms with Gasteiger partial charge in [0.05, 0.1) is 16.8 Å². The maximum Gasteiger partial charge on any atom is 0.345 e. The molecule has 0 saturated heterocycles. The average Bonchev–Trinajstić information content (AvgIpc) is 2.81. The Kier molecular flexibility index (Phi) is 6.05. The highest BCUT2D eigenvalue weighted by atomic mass is 35.5. The quantitative estimate of drug-likeness (QED) is 0.198. The first-order chi connectivity index (χ1) is 15.1. The molecule has 0 aliphatic rings. The number of benzene rings is 4. The Labute approximate surface area is 183 Å². The number of rotatable bonds is 5. The van der Waals surface area contributed by atoms with E-state index in [4.69, 9.17) is 16.3 Å². The molecule has 6 heteroatoms. The van der Waals surface area contributed by atoms with E-state index in [1.807, 2.05) is 36.4 Å². The lowest BCUT2D eigenvalue weighted by molar-refractivity contribution is 0.0734. The van der Waals surface area contributed by atoms with Gasteiger partial charge in [0.1, 0.15) is 5.75 Å². The minimum absolute atomic E-state index is 0.262. The number of fused-ring (bicyclic) bond motifs is 1. The van der Waals surface area contributed by atoms with Gasteiger partial charge in [0.15, 0.2) is 0 Å². The number of hydrogen-bond acceptors (Lipinski definition) is 4. The van der Waals surface area contributed by atoms with Crippen LogP contribution in [0.2, 0.25) is 5.02 Å². The van der Waals surface area contributed by atoms with Crippen molar-refractivity contribution in [1.82, 2.24) is 5.43 Å². The lowest BCUT2D eigenvalue weighted by Crippen LogP contribution is -2.17. The van der Waals surface area contributed by atoms with Crippen molar-refractivity contribution in [3.63, 3.8) is 0 Å². The van der Waals surface area contributed by atoms with Crippen molar-refractivity contribution in [2.75, 3.05) is 0 Å². The molecule has 0 bridgehead atoms. The Hall–Kier alpha value is -3.96. The van der Waals surface area contributed by atoms with Crippen molar-refractivity contribution in [3.8, 4) is 5.75 Å². The van der Waals surface area contributed by atoms with Gasteiger partial charge >= 0.3 is 5.97 Å². The number of carbonyl (C=O) groups is 2. The van der Waals surface area contributed by atoms with Crippen molar-refractivity contribution in [3.05, 3.63) is 113 Å². The van der Waals surface area contributed by atoms with Crippen LogP contribution in [0.25, 0.3) is 10.8 Å². The molecule has 0 radical (unpaired) electrons. The summed E-state index contributed by atoms with van der Waals surface area (Å²) in [6.45, 7) is 0. The summed E-state index contributed by atoms with van der Waals surface area (Å²) in [5, 5.41) is 6.15. The van der Waals surface area contributed by atoms with Gasteiger partial charge in [-0.2, -0.15) is 5.10 Å². The molecule has 0 heterocycles. The van der Waals surface area contributed by atoms with Gasteiger partial charge in [0.25, 0.3) is 5.91 Å². The molecule has 0 aliphatic heterocycles. The number of nitrogens with zero attached hydrogens (tertiary/aromatic N) is 1. The molecule has 4 aromatic carbocycles. The standard InChI is InChI=1S/C25H17ClN2O3/c26-22-13-7-6-12-20(22)25(30)31-23-15-14-17-8-4-5-11-19(17)21(23)16-27-28-24(29)18-9-2-1-3-10-18/h1-16H,(H,28,29)/b27-16+. The summed E-state index contributed by atoms with van der Waals surface area (Å²) >= 11 is 6.12. The molecular formula is C25H17ClN2O3. The first-order valence-electron chi connectivity index (χ1n) is 9.50. The van der Waals surface area contributed by atoms with Gasteiger partial charge in [-0.25, -0.2) is 10.2 Å². The number of amides is 1. The van der Waals surface area contributed by atoms with E-state index < -0.39 is 5.97 Å². The van der Waals surface area contributed by atoms with E-state index in [0.29, 0.717) is 21.9 Å². The first kappa shape index (κ1) is 20.3. The third kappa shape index (κ3) is 4.63. The summed E-state index contributed by atoms with van der Waals surface area (Å²) < 4.78 is 5.64. The second-order valence-electron chi connectivity index (χ2n) is 6.63. The Morgan fingerprint density at radius 2 is 1.55 bits per heavy atom. The minimum Gasteiger partial charge on any atom is -0.422 e. The Bertz CT molecular complexity index is 1290. The SMILES string of the molecule is O=C(N/N=C/c1c(OC(=O)c2ccccc2Cl)ccc2ccccc12)c1ccccc1. The molecule has 5 nitrogen and oxygen atoms in total. The monoisotopic (exact) mass is 428 g/mol. The fraction of sp³-hybridized carbons (Fsp3) is 0. The van der Waals surface area contributed by atoms with E-state index in [1.165, 1.54) is 6.21 Å². The van der Waals surface area contributed by atoms with Crippen LogP contribution in [0, 0.1) is 0 Å². The van der Waals surface area contributed by atoms with Crippen molar-refractivity contribution >= 4 is 40.5 Å². The van der Waals surface area contributed by atoms with Gasteiger partial charge in [-0.3, -0.25) is 4.79 Å². The highest BCUT2D eigenvalue weighted by Crippen LogP contribution is 2.28. The lowest BCUT2D eigenvalue weighted by Gasteiger charge is -2.11. The number of ether oxygens (including phenoxy) is 1. The number of halogens is 1. The lowest BCUT2D eigenvalue weighted by atomic mass is 10.0. The third-order valence-corrected chi connectivity index (χ3v) is 4.95. The Morgan fingerprint density at radius 3 is 2.35 bits per heavy atom. The maximum absolute atomic E-state index is 12.7. The normalized spacial score (nSPS) is 10.9. The van der Waals surface area contributed by atoms with Crippen LogP contribution < -0.4 is 10.2 Å².